The third-order valence-corrected chi connectivity index (χ3v) is 5.09. The number of hydrogen-bond donors (Lipinski definition) is 1. The lowest BCUT2D eigenvalue weighted by Crippen LogP contribution is -2.15. The fourth-order valence-corrected chi connectivity index (χ4v) is 3.33. The van der Waals surface area contributed by atoms with E-state index >= 15 is 0 Å². The maximum absolute atomic E-state index is 11.4. The van der Waals surface area contributed by atoms with Gasteiger partial charge in [0.2, 0.25) is 0 Å². The van der Waals surface area contributed by atoms with Crippen molar-refractivity contribution in [1.29, 1.82) is 0 Å². The van der Waals surface area contributed by atoms with Gasteiger partial charge in [-0.3, -0.25) is 4.79 Å². The monoisotopic (exact) mass is 406 g/mol. The second-order valence-electron chi connectivity index (χ2n) is 6.79. The van der Waals surface area contributed by atoms with Crippen LogP contribution in [0.1, 0.15) is 97.3 Å². The summed E-state index contributed by atoms with van der Waals surface area (Å²) >= 11 is 0. The maximum Gasteiger partial charge on any atom is 0.451 e. The summed E-state index contributed by atoms with van der Waals surface area (Å²) in [6.45, 7) is 3.64. The summed E-state index contributed by atoms with van der Waals surface area (Å²) in [6, 6.07) is 0. The fourth-order valence-electron chi connectivity index (χ4n) is 2.68. The summed E-state index contributed by atoms with van der Waals surface area (Å²) in [5.41, 5.74) is 0. The van der Waals surface area contributed by atoms with Crippen molar-refractivity contribution in [2.75, 3.05) is 6.61 Å². The Morgan fingerprint density at radius 3 is 2.33 bits per heavy atom. The number of rotatable bonds is 18. The number of carbonyl (C=O) groups excluding carboxylic acids is 1. The normalized spacial score (nSPS) is 13.1. The highest BCUT2D eigenvalue weighted by atomic mass is 32.3. The smallest absolute Gasteiger partial charge is 0.393 e. The molecule has 27 heavy (non-hydrogen) atoms. The van der Waals surface area contributed by atoms with Crippen LogP contribution in [0.25, 0.3) is 0 Å². The first-order valence-electron chi connectivity index (χ1n) is 10.4. The van der Waals surface area contributed by atoms with E-state index in [1.807, 2.05) is 0 Å². The first-order chi connectivity index (χ1) is 12.9. The topological polar surface area (TPSA) is 89.9 Å². The van der Waals surface area contributed by atoms with Crippen LogP contribution >= 0.6 is 0 Å². The summed E-state index contributed by atoms with van der Waals surface area (Å²) in [7, 11) is -4.18. The number of unbranched alkanes of at least 4 members (excludes halogenated alkanes) is 8. The van der Waals surface area contributed by atoms with Crippen LogP contribution in [0.5, 0.6) is 0 Å². The Morgan fingerprint density at radius 1 is 0.963 bits per heavy atom. The molecule has 6 nitrogen and oxygen atoms in total. The van der Waals surface area contributed by atoms with Crippen LogP contribution in [0, 0.1) is 0 Å². The van der Waals surface area contributed by atoms with Crippen LogP contribution in [0.3, 0.4) is 0 Å². The first kappa shape index (κ1) is 26.1. The lowest BCUT2D eigenvalue weighted by atomic mass is 10.1. The van der Waals surface area contributed by atoms with Crippen molar-refractivity contribution >= 4 is 16.4 Å². The number of hydrogen-bond acceptors (Lipinski definition) is 6. The molecule has 0 radical (unpaired) electrons. The summed E-state index contributed by atoms with van der Waals surface area (Å²) < 4.78 is 30.9. The highest BCUT2D eigenvalue weighted by Crippen LogP contribution is 2.11. The molecule has 0 aromatic heterocycles. The molecular weight excluding hydrogens is 368 g/mol. The molecule has 0 saturated heterocycles. The Balaban J connectivity index is 3.50. The van der Waals surface area contributed by atoms with Crippen LogP contribution in [0.15, 0.2) is 12.2 Å². The van der Waals surface area contributed by atoms with Gasteiger partial charge in [0.25, 0.3) is 0 Å². The van der Waals surface area contributed by atoms with Crippen molar-refractivity contribution in [3.8, 4) is 0 Å². The zero-order valence-corrected chi connectivity index (χ0v) is 17.8. The van der Waals surface area contributed by atoms with Gasteiger partial charge < -0.3 is 9.29 Å². The van der Waals surface area contributed by atoms with Gasteiger partial charge in [0.1, 0.15) is 0 Å². The van der Waals surface area contributed by atoms with Crippen molar-refractivity contribution in [1.82, 2.24) is 0 Å². The Hall–Kier alpha value is -0.920. The average molecular weight is 407 g/mol. The minimum Gasteiger partial charge on any atom is -0.393 e. The minimum atomic E-state index is -4.18. The van der Waals surface area contributed by atoms with E-state index in [0.29, 0.717) is 6.42 Å². The van der Waals surface area contributed by atoms with Crippen molar-refractivity contribution in [3.05, 3.63) is 12.2 Å². The van der Waals surface area contributed by atoms with Gasteiger partial charge in [0.05, 0.1) is 12.7 Å². The number of carbonyl (C=O) groups is 1. The van der Waals surface area contributed by atoms with Crippen LogP contribution < -0.4 is 0 Å². The Bertz CT molecular complexity index is 487. The largest absolute Gasteiger partial charge is 0.451 e. The number of aliphatic hydroxyl groups excluding tert-OH is 1. The molecule has 1 atom stereocenters. The van der Waals surface area contributed by atoms with Crippen LogP contribution in [0.2, 0.25) is 0 Å². The lowest BCUT2D eigenvalue weighted by molar-refractivity contribution is -0.134. The zero-order valence-electron chi connectivity index (χ0n) is 17.0. The van der Waals surface area contributed by atoms with E-state index in [1.54, 1.807) is 0 Å². The molecule has 0 unspecified atom stereocenters. The molecule has 0 aliphatic carbocycles. The van der Waals surface area contributed by atoms with E-state index in [2.05, 4.69) is 27.4 Å². The van der Waals surface area contributed by atoms with Crippen molar-refractivity contribution in [2.45, 2.75) is 103 Å². The number of allylic oxidation sites excluding steroid dienone is 1. The summed E-state index contributed by atoms with van der Waals surface area (Å²) in [5, 5.41) is 9.86. The third-order valence-electron chi connectivity index (χ3n) is 4.17. The molecule has 0 aliphatic rings. The molecule has 0 amide bonds. The van der Waals surface area contributed by atoms with Gasteiger partial charge in [-0.15, -0.1) is 0 Å². The summed E-state index contributed by atoms with van der Waals surface area (Å²) in [6.07, 6.45) is 16.1. The molecule has 0 aromatic carbocycles. The molecule has 7 heteroatoms. The van der Waals surface area contributed by atoms with Gasteiger partial charge >= 0.3 is 16.4 Å². The Kier molecular flexibility index (Phi) is 16.6. The van der Waals surface area contributed by atoms with Crippen molar-refractivity contribution in [2.24, 2.45) is 0 Å². The molecule has 0 saturated carbocycles. The molecule has 0 bridgehead atoms. The first-order valence-corrected chi connectivity index (χ1v) is 11.7. The molecular formula is C20H38O6S. The zero-order chi connectivity index (χ0) is 20.4. The highest BCUT2D eigenvalue weighted by Gasteiger charge is 2.16. The number of aliphatic hydroxyl groups is 1. The van der Waals surface area contributed by atoms with E-state index in [9.17, 15) is 18.3 Å². The van der Waals surface area contributed by atoms with E-state index in [0.717, 1.165) is 51.4 Å². The second kappa shape index (κ2) is 17.2. The third kappa shape index (κ3) is 18.2. The fraction of sp³-hybridized carbons (Fsp3) is 0.850. The van der Waals surface area contributed by atoms with Crippen LogP contribution in [-0.4, -0.2) is 32.2 Å². The van der Waals surface area contributed by atoms with Crippen LogP contribution in [0.4, 0.5) is 0 Å². The molecule has 1 N–H and O–H groups in total. The highest BCUT2D eigenvalue weighted by molar-refractivity contribution is 7.82. The molecule has 0 spiro atoms. The van der Waals surface area contributed by atoms with Gasteiger partial charge in [-0.2, -0.15) is 8.42 Å². The molecule has 0 rings (SSSR count). The van der Waals surface area contributed by atoms with Gasteiger partial charge in [-0.1, -0.05) is 64.0 Å². The van der Waals surface area contributed by atoms with E-state index in [-0.39, 0.29) is 19.1 Å². The van der Waals surface area contributed by atoms with Gasteiger partial charge in [-0.25, -0.2) is 4.18 Å². The molecule has 0 fully saturated rings. The van der Waals surface area contributed by atoms with Gasteiger partial charge in [0, 0.05) is 6.42 Å². The quantitative estimate of drug-likeness (QED) is 0.259. The van der Waals surface area contributed by atoms with Crippen molar-refractivity contribution in [3.63, 3.8) is 0 Å². The van der Waals surface area contributed by atoms with E-state index < -0.39 is 16.4 Å². The van der Waals surface area contributed by atoms with E-state index in [4.69, 9.17) is 0 Å². The lowest BCUT2D eigenvalue weighted by Gasteiger charge is -2.07. The molecule has 0 aromatic rings. The van der Waals surface area contributed by atoms with E-state index in [1.165, 1.54) is 26.2 Å². The standard InChI is InChI=1S/C20H38O6S/c1-3-5-6-13-16-19(21)17-14-11-9-7-8-10-12-15-18-20(22)26-27(23,24)25-4-2/h11,14,19,21H,3-10,12-13,15-18H2,1-2H3/b14-11-/t19-/m1/s1. The predicted molar refractivity (Wildman–Crippen MR) is 107 cm³/mol. The predicted octanol–water partition coefficient (Wildman–Crippen LogP) is 4.82. The SMILES string of the molecule is CCCCCC[C@@H](O)C/C=C\CCCCCCCC(=O)OS(=O)(=O)OCC. The van der Waals surface area contributed by atoms with Crippen LogP contribution in [-0.2, 0) is 23.6 Å². The Labute approximate surface area is 165 Å². The average Bonchev–Trinajstić information content (AvgIpc) is 2.59. The second-order valence-corrected chi connectivity index (χ2v) is 8.01. The maximum atomic E-state index is 11.4. The summed E-state index contributed by atoms with van der Waals surface area (Å²) in [5.74, 6) is -0.764. The van der Waals surface area contributed by atoms with Gasteiger partial charge in [-0.05, 0) is 39.0 Å². The molecule has 0 aliphatic heterocycles. The summed E-state index contributed by atoms with van der Waals surface area (Å²) in [4.78, 5) is 11.4. The minimum absolute atomic E-state index is 0.0536. The molecule has 0 heterocycles. The van der Waals surface area contributed by atoms with Gasteiger partial charge in [0.15, 0.2) is 0 Å². The van der Waals surface area contributed by atoms with Crippen molar-refractivity contribution < 1.29 is 26.7 Å². The Morgan fingerprint density at radius 2 is 1.63 bits per heavy atom. The molecule has 160 valence electrons.